The number of hydrogen-bond donors (Lipinski definition) is 2. The summed E-state index contributed by atoms with van der Waals surface area (Å²) in [5.41, 5.74) is 4.04. The minimum atomic E-state index is -0.444. The third-order valence-electron chi connectivity index (χ3n) is 2.87. The van der Waals surface area contributed by atoms with E-state index < -0.39 is 6.04 Å². The van der Waals surface area contributed by atoms with Gasteiger partial charge in [0, 0.05) is 6.54 Å². The van der Waals surface area contributed by atoms with Crippen LogP contribution in [-0.4, -0.2) is 9.78 Å². The number of benzene rings is 1. The number of halogens is 3. The molecule has 0 aliphatic carbocycles. The molecule has 1 unspecified atom stereocenters. The molecule has 1 aromatic carbocycles. The largest absolute Gasteiger partial charge is 0.271 e. The Balaban J connectivity index is 2.56. The van der Waals surface area contributed by atoms with Gasteiger partial charge in [0.05, 0.1) is 27.4 Å². The molecule has 102 valence electrons. The Morgan fingerprint density at radius 3 is 2.95 bits per heavy atom. The molecule has 4 nitrogen and oxygen atoms in total. The minimum absolute atomic E-state index is 0.351. The summed E-state index contributed by atoms with van der Waals surface area (Å²) in [7, 11) is 0. The van der Waals surface area contributed by atoms with Crippen molar-refractivity contribution in [3.63, 3.8) is 0 Å². The second kappa shape index (κ2) is 6.00. The van der Waals surface area contributed by atoms with Crippen molar-refractivity contribution in [2.45, 2.75) is 19.5 Å². The fraction of sp³-hybridized carbons (Fsp3) is 0.250. The minimum Gasteiger partial charge on any atom is -0.271 e. The van der Waals surface area contributed by atoms with E-state index in [1.54, 1.807) is 23.0 Å². The zero-order chi connectivity index (χ0) is 14.0. The summed E-state index contributed by atoms with van der Waals surface area (Å²) in [5, 5.41) is 4.65. The van der Waals surface area contributed by atoms with Gasteiger partial charge < -0.3 is 0 Å². The van der Waals surface area contributed by atoms with E-state index in [0.717, 1.165) is 0 Å². The molecule has 0 aliphatic rings. The first kappa shape index (κ1) is 14.5. The summed E-state index contributed by atoms with van der Waals surface area (Å²) in [6.45, 7) is 2.59. The lowest BCUT2D eigenvalue weighted by molar-refractivity contribution is 0.537. The normalized spacial score (nSPS) is 12.7. The molecule has 0 spiro atoms. The molecule has 0 saturated carbocycles. The quantitative estimate of drug-likeness (QED) is 0.660. The summed E-state index contributed by atoms with van der Waals surface area (Å²) < 4.78 is 15.7. The van der Waals surface area contributed by atoms with E-state index in [4.69, 9.17) is 17.4 Å². The van der Waals surface area contributed by atoms with Crippen LogP contribution >= 0.6 is 27.5 Å². The summed E-state index contributed by atoms with van der Waals surface area (Å²) in [6.07, 6.45) is 1.55. The van der Waals surface area contributed by atoms with Gasteiger partial charge in [0.2, 0.25) is 0 Å². The van der Waals surface area contributed by atoms with E-state index in [-0.39, 0.29) is 5.82 Å². The zero-order valence-corrected chi connectivity index (χ0v) is 12.5. The molecule has 0 aliphatic heterocycles. The number of nitrogens with one attached hydrogen (secondary N) is 1. The lowest BCUT2D eigenvalue weighted by Crippen LogP contribution is -2.31. The molecule has 2 rings (SSSR count). The van der Waals surface area contributed by atoms with Crippen LogP contribution in [0.4, 0.5) is 4.39 Å². The lowest BCUT2D eigenvalue weighted by Gasteiger charge is -2.19. The van der Waals surface area contributed by atoms with Crippen molar-refractivity contribution < 1.29 is 4.39 Å². The molecule has 0 bridgehead atoms. The van der Waals surface area contributed by atoms with Crippen LogP contribution in [0.5, 0.6) is 0 Å². The van der Waals surface area contributed by atoms with Gasteiger partial charge in [-0.3, -0.25) is 10.5 Å². The predicted molar refractivity (Wildman–Crippen MR) is 76.2 cm³/mol. The van der Waals surface area contributed by atoms with Crippen molar-refractivity contribution in [3.05, 3.63) is 51.0 Å². The summed E-state index contributed by atoms with van der Waals surface area (Å²) >= 11 is 9.39. The van der Waals surface area contributed by atoms with Gasteiger partial charge in [-0.2, -0.15) is 5.10 Å². The van der Waals surface area contributed by atoms with Crippen LogP contribution in [0.15, 0.2) is 28.9 Å². The second-order valence-electron chi connectivity index (χ2n) is 3.94. The van der Waals surface area contributed by atoms with E-state index in [1.807, 2.05) is 6.92 Å². The van der Waals surface area contributed by atoms with Crippen molar-refractivity contribution in [1.82, 2.24) is 15.2 Å². The molecule has 0 amide bonds. The monoisotopic (exact) mass is 346 g/mol. The number of rotatable bonds is 4. The van der Waals surface area contributed by atoms with Gasteiger partial charge >= 0.3 is 0 Å². The number of nitrogens with zero attached hydrogens (tertiary/aromatic N) is 2. The second-order valence-corrected chi connectivity index (χ2v) is 5.14. The van der Waals surface area contributed by atoms with Crippen LogP contribution in [0.25, 0.3) is 0 Å². The lowest BCUT2D eigenvalue weighted by atomic mass is 10.0. The van der Waals surface area contributed by atoms with Crippen molar-refractivity contribution in [2.75, 3.05) is 0 Å². The van der Waals surface area contributed by atoms with Gasteiger partial charge in [-0.1, -0.05) is 23.7 Å². The molecule has 1 heterocycles. The Hall–Kier alpha value is -0.950. The number of nitrogens with two attached hydrogens (primary N) is 1. The van der Waals surface area contributed by atoms with E-state index in [1.165, 1.54) is 6.07 Å². The smallest absolute Gasteiger partial charge is 0.137 e. The third-order valence-corrected chi connectivity index (χ3v) is 3.99. The van der Waals surface area contributed by atoms with Gasteiger partial charge in [0.1, 0.15) is 5.82 Å². The van der Waals surface area contributed by atoms with Crippen LogP contribution < -0.4 is 11.3 Å². The van der Waals surface area contributed by atoms with Crippen LogP contribution in [0.1, 0.15) is 24.2 Å². The molecule has 0 saturated heterocycles. The Morgan fingerprint density at radius 1 is 1.58 bits per heavy atom. The fourth-order valence-corrected chi connectivity index (χ4v) is 2.71. The highest BCUT2D eigenvalue weighted by Gasteiger charge is 2.23. The SMILES string of the molecule is CCn1ncc(Cl)c1C(NN)c1cccc(F)c1Br. The summed E-state index contributed by atoms with van der Waals surface area (Å²) in [5.74, 6) is 5.26. The number of aromatic nitrogens is 2. The zero-order valence-electron chi connectivity index (χ0n) is 10.2. The Bertz CT molecular complexity index is 587. The highest BCUT2D eigenvalue weighted by atomic mass is 79.9. The molecule has 1 aromatic heterocycles. The molecule has 7 heteroatoms. The molecular weight excluding hydrogens is 335 g/mol. The van der Waals surface area contributed by atoms with Crippen LogP contribution in [0, 0.1) is 5.82 Å². The molecule has 2 aromatic rings. The first-order chi connectivity index (χ1) is 9.10. The van der Waals surface area contributed by atoms with Gasteiger partial charge in [-0.15, -0.1) is 0 Å². The number of aryl methyl sites for hydroxylation is 1. The van der Waals surface area contributed by atoms with Gasteiger partial charge in [-0.05, 0) is 34.5 Å². The number of hydrazine groups is 1. The topological polar surface area (TPSA) is 55.9 Å². The van der Waals surface area contributed by atoms with E-state index in [9.17, 15) is 4.39 Å². The van der Waals surface area contributed by atoms with Gasteiger partial charge in [0.25, 0.3) is 0 Å². The highest BCUT2D eigenvalue weighted by molar-refractivity contribution is 9.10. The Labute approximate surface area is 123 Å². The maximum absolute atomic E-state index is 13.6. The molecular formula is C12H13BrClFN4. The van der Waals surface area contributed by atoms with Crippen molar-refractivity contribution in [3.8, 4) is 0 Å². The van der Waals surface area contributed by atoms with Crippen LogP contribution in [-0.2, 0) is 6.54 Å². The Morgan fingerprint density at radius 2 is 2.32 bits per heavy atom. The van der Waals surface area contributed by atoms with Crippen LogP contribution in [0.2, 0.25) is 5.02 Å². The third kappa shape index (κ3) is 2.67. The maximum atomic E-state index is 13.6. The average molecular weight is 348 g/mol. The first-order valence-corrected chi connectivity index (χ1v) is 6.88. The molecule has 0 radical (unpaired) electrons. The summed E-state index contributed by atoms with van der Waals surface area (Å²) in [6, 6.07) is 4.33. The van der Waals surface area contributed by atoms with E-state index >= 15 is 0 Å². The van der Waals surface area contributed by atoms with Crippen molar-refractivity contribution >= 4 is 27.5 Å². The molecule has 0 fully saturated rings. The van der Waals surface area contributed by atoms with Crippen LogP contribution in [0.3, 0.4) is 0 Å². The number of hydrogen-bond acceptors (Lipinski definition) is 3. The maximum Gasteiger partial charge on any atom is 0.137 e. The highest BCUT2D eigenvalue weighted by Crippen LogP contribution is 2.33. The average Bonchev–Trinajstić information content (AvgIpc) is 2.77. The first-order valence-electron chi connectivity index (χ1n) is 5.71. The summed E-state index contributed by atoms with van der Waals surface area (Å²) in [4.78, 5) is 0. The Kier molecular flexibility index (Phi) is 4.57. The molecule has 3 N–H and O–H groups in total. The molecule has 1 atom stereocenters. The standard InChI is InChI=1S/C12H13BrClFN4/c1-2-19-12(8(14)6-17-19)11(18-16)7-4-3-5-9(15)10(7)13/h3-6,11,18H,2,16H2,1H3. The molecule has 19 heavy (non-hydrogen) atoms. The van der Waals surface area contributed by atoms with E-state index in [0.29, 0.717) is 27.3 Å². The fourth-order valence-electron chi connectivity index (χ4n) is 1.97. The van der Waals surface area contributed by atoms with E-state index in [2.05, 4.69) is 26.5 Å². The van der Waals surface area contributed by atoms with Gasteiger partial charge in [-0.25, -0.2) is 9.82 Å². The van der Waals surface area contributed by atoms with Gasteiger partial charge in [0.15, 0.2) is 0 Å². The van der Waals surface area contributed by atoms with Crippen molar-refractivity contribution in [1.29, 1.82) is 0 Å². The van der Waals surface area contributed by atoms with Crippen molar-refractivity contribution in [2.24, 2.45) is 5.84 Å². The predicted octanol–water partition coefficient (Wildman–Crippen LogP) is 3.01.